The summed E-state index contributed by atoms with van der Waals surface area (Å²) in [5.41, 5.74) is 1.74. The molecule has 39 heavy (non-hydrogen) atoms. The van der Waals surface area contributed by atoms with E-state index in [1.807, 2.05) is 35.8 Å². The molecule has 3 aromatic rings. The predicted octanol–water partition coefficient (Wildman–Crippen LogP) is 3.11. The van der Waals surface area contributed by atoms with Crippen LogP contribution in [0.25, 0.3) is 11.7 Å². The van der Waals surface area contributed by atoms with Gasteiger partial charge in [-0.3, -0.25) is 23.7 Å². The Morgan fingerprint density at radius 1 is 1.13 bits per heavy atom. The van der Waals surface area contributed by atoms with Gasteiger partial charge in [-0.2, -0.15) is 0 Å². The van der Waals surface area contributed by atoms with E-state index in [2.05, 4.69) is 4.90 Å². The van der Waals surface area contributed by atoms with E-state index in [4.69, 9.17) is 21.9 Å². The van der Waals surface area contributed by atoms with Crippen LogP contribution in [0.3, 0.4) is 0 Å². The fraction of sp³-hybridized carbons (Fsp3) is 0.393. The average molecular weight is 564 g/mol. The number of hydrogen-bond acceptors (Lipinski definition) is 8. The first-order valence-electron chi connectivity index (χ1n) is 13.2. The minimum Gasteiger partial charge on any atom is -0.382 e. The molecule has 0 aliphatic carbocycles. The molecule has 1 amide bonds. The molecule has 3 aliphatic rings. The fourth-order valence-corrected chi connectivity index (χ4v) is 7.11. The number of carbonyl (C=O) groups excluding carboxylic acids is 1. The van der Waals surface area contributed by atoms with E-state index in [0.29, 0.717) is 72.1 Å². The predicted molar refractivity (Wildman–Crippen MR) is 156 cm³/mol. The second kappa shape index (κ2) is 10.7. The highest BCUT2D eigenvalue weighted by molar-refractivity contribution is 8.26. The molecule has 6 rings (SSSR count). The van der Waals surface area contributed by atoms with Gasteiger partial charge in [-0.25, -0.2) is 4.98 Å². The molecule has 2 fully saturated rings. The lowest BCUT2D eigenvalue weighted by molar-refractivity contribution is -0.122. The third-order valence-electron chi connectivity index (χ3n) is 7.55. The van der Waals surface area contributed by atoms with Gasteiger partial charge in [-0.15, -0.1) is 0 Å². The molecule has 11 heteroatoms. The Balaban J connectivity index is 1.38. The van der Waals surface area contributed by atoms with Crippen LogP contribution in [0.4, 0.5) is 5.82 Å². The van der Waals surface area contributed by atoms with Crippen molar-refractivity contribution < 1.29 is 9.53 Å². The molecule has 0 saturated carbocycles. The van der Waals surface area contributed by atoms with Crippen molar-refractivity contribution in [1.82, 2.24) is 18.9 Å². The summed E-state index contributed by atoms with van der Waals surface area (Å²) in [7, 11) is 0. The summed E-state index contributed by atoms with van der Waals surface area (Å²) in [6.45, 7) is 5.53. The van der Waals surface area contributed by atoms with Crippen molar-refractivity contribution in [2.24, 2.45) is 5.92 Å². The molecule has 0 radical (unpaired) electrons. The number of amides is 1. The third-order valence-corrected chi connectivity index (χ3v) is 8.93. The van der Waals surface area contributed by atoms with Gasteiger partial charge in [-0.05, 0) is 50.0 Å². The number of thioether (sulfide) groups is 1. The first-order valence-corrected chi connectivity index (χ1v) is 14.5. The zero-order valence-corrected chi connectivity index (χ0v) is 23.2. The van der Waals surface area contributed by atoms with Gasteiger partial charge in [0.25, 0.3) is 17.0 Å². The number of nitrogens with zero attached hydrogens (tertiary/aromatic N) is 5. The van der Waals surface area contributed by atoms with Crippen molar-refractivity contribution in [2.45, 2.75) is 32.2 Å². The SMILES string of the molecule is CCOCCCN1C(=O)/C(=C\c2c(N3C[C@@H]4C[C@H](C3)c3cccc(=O)n3C4)nc3ccccn3c2=O)SC1=S. The van der Waals surface area contributed by atoms with Gasteiger partial charge in [0, 0.05) is 63.3 Å². The first kappa shape index (κ1) is 26.0. The minimum atomic E-state index is -0.232. The second-order valence-corrected chi connectivity index (χ2v) is 11.7. The lowest BCUT2D eigenvalue weighted by atomic mass is 9.83. The summed E-state index contributed by atoms with van der Waals surface area (Å²) in [5.74, 6) is 0.769. The highest BCUT2D eigenvalue weighted by atomic mass is 32.2. The number of fused-ring (bicyclic) bond motifs is 5. The summed E-state index contributed by atoms with van der Waals surface area (Å²) in [4.78, 5) is 48.7. The van der Waals surface area contributed by atoms with Crippen molar-refractivity contribution in [2.75, 3.05) is 37.7 Å². The molecule has 2 atom stereocenters. The highest BCUT2D eigenvalue weighted by Gasteiger charge is 2.37. The highest BCUT2D eigenvalue weighted by Crippen LogP contribution is 2.38. The van der Waals surface area contributed by atoms with Crippen molar-refractivity contribution in [3.63, 3.8) is 0 Å². The van der Waals surface area contributed by atoms with Gasteiger partial charge in [0.1, 0.15) is 15.8 Å². The van der Waals surface area contributed by atoms with Gasteiger partial charge in [0.15, 0.2) is 0 Å². The van der Waals surface area contributed by atoms with E-state index in [1.165, 1.54) is 16.2 Å². The maximum atomic E-state index is 13.8. The lowest BCUT2D eigenvalue weighted by Crippen LogP contribution is -2.48. The number of pyridine rings is 2. The van der Waals surface area contributed by atoms with Gasteiger partial charge < -0.3 is 14.2 Å². The average Bonchev–Trinajstić information content (AvgIpc) is 3.20. The van der Waals surface area contributed by atoms with Crippen molar-refractivity contribution >= 4 is 51.7 Å². The van der Waals surface area contributed by atoms with E-state index in [9.17, 15) is 14.4 Å². The molecule has 9 nitrogen and oxygen atoms in total. The Hall–Kier alpha value is -3.28. The number of ether oxygens (including phenoxy) is 1. The van der Waals surface area contributed by atoms with E-state index in [0.717, 1.165) is 12.1 Å². The quantitative estimate of drug-likeness (QED) is 0.246. The van der Waals surface area contributed by atoms with Crippen molar-refractivity contribution in [3.8, 4) is 0 Å². The van der Waals surface area contributed by atoms with E-state index in [-0.39, 0.29) is 28.9 Å². The summed E-state index contributed by atoms with van der Waals surface area (Å²) in [6.07, 6.45) is 5.02. The van der Waals surface area contributed by atoms with Crippen LogP contribution in [-0.4, -0.2) is 61.9 Å². The molecule has 0 N–H and O–H groups in total. The van der Waals surface area contributed by atoms with Crippen LogP contribution in [-0.2, 0) is 16.1 Å². The number of carbonyl (C=O) groups is 1. The Labute approximate surface area is 235 Å². The number of rotatable bonds is 7. The van der Waals surface area contributed by atoms with Crippen molar-refractivity contribution in [3.05, 3.63) is 79.5 Å². The smallest absolute Gasteiger partial charge is 0.267 e. The topological polar surface area (TPSA) is 89.2 Å². The molecule has 0 unspecified atom stereocenters. The van der Waals surface area contributed by atoms with Crippen LogP contribution in [0.1, 0.15) is 36.9 Å². The van der Waals surface area contributed by atoms with E-state index >= 15 is 0 Å². The minimum absolute atomic E-state index is 0.0293. The van der Waals surface area contributed by atoms with Gasteiger partial charge >= 0.3 is 0 Å². The molecule has 0 spiro atoms. The van der Waals surface area contributed by atoms with Crippen molar-refractivity contribution in [1.29, 1.82) is 0 Å². The molecule has 202 valence electrons. The van der Waals surface area contributed by atoms with Crippen LogP contribution in [0, 0.1) is 5.92 Å². The van der Waals surface area contributed by atoms with Crippen LogP contribution in [0.15, 0.2) is 57.1 Å². The van der Waals surface area contributed by atoms with E-state index in [1.54, 1.807) is 29.3 Å². The number of hydrogen-bond donors (Lipinski definition) is 0. The third kappa shape index (κ3) is 4.83. The largest absolute Gasteiger partial charge is 0.382 e. The summed E-state index contributed by atoms with van der Waals surface area (Å²) < 4.78 is 9.28. The zero-order valence-electron chi connectivity index (χ0n) is 21.6. The molecule has 3 aliphatic heterocycles. The molecular weight excluding hydrogens is 534 g/mol. The van der Waals surface area contributed by atoms with Crippen LogP contribution >= 0.6 is 24.0 Å². The molecule has 0 aromatic carbocycles. The summed E-state index contributed by atoms with van der Waals surface area (Å²) >= 11 is 6.72. The molecular formula is C28H29N5O4S2. The molecule has 6 heterocycles. The zero-order chi connectivity index (χ0) is 27.1. The normalized spacial score (nSPS) is 21.7. The first-order chi connectivity index (χ1) is 18.9. The van der Waals surface area contributed by atoms with Crippen LogP contribution in [0.2, 0.25) is 0 Å². The number of aromatic nitrogens is 3. The van der Waals surface area contributed by atoms with Gasteiger partial charge in [-0.1, -0.05) is 36.1 Å². The summed E-state index contributed by atoms with van der Waals surface area (Å²) in [5, 5.41) is 0. The second-order valence-electron chi connectivity index (χ2n) is 10.1. The molecule has 2 bridgehead atoms. The molecule has 2 saturated heterocycles. The van der Waals surface area contributed by atoms with Crippen LogP contribution in [0.5, 0.6) is 0 Å². The Morgan fingerprint density at radius 2 is 2.00 bits per heavy atom. The Kier molecular flexibility index (Phi) is 7.13. The Bertz CT molecular complexity index is 1610. The number of piperidine rings is 1. The molecule has 3 aromatic heterocycles. The lowest BCUT2D eigenvalue weighted by Gasteiger charge is -2.43. The maximum absolute atomic E-state index is 13.8. The number of thiocarbonyl (C=S) groups is 1. The maximum Gasteiger partial charge on any atom is 0.267 e. The van der Waals surface area contributed by atoms with Gasteiger partial charge in [0.2, 0.25) is 0 Å². The number of anilines is 1. The van der Waals surface area contributed by atoms with Crippen LogP contribution < -0.4 is 16.0 Å². The van der Waals surface area contributed by atoms with E-state index < -0.39 is 0 Å². The Morgan fingerprint density at radius 3 is 2.85 bits per heavy atom. The monoisotopic (exact) mass is 563 g/mol. The van der Waals surface area contributed by atoms with Gasteiger partial charge in [0.05, 0.1) is 10.5 Å². The fourth-order valence-electron chi connectivity index (χ4n) is 5.82. The summed E-state index contributed by atoms with van der Waals surface area (Å²) in [6, 6.07) is 10.9. The standard InChI is InChI=1S/C28H29N5O4S2/c1-2-37-12-6-11-32-27(36)22(39-28(32)38)14-20-25(29-23-8-3-4-10-31(23)26(20)35)30-15-18-13-19(17-30)21-7-5-9-24(34)33(21)16-18/h3-5,7-10,14,18-19H,2,6,11-13,15-17H2,1H3/b22-14+/t18-,19+/m0/s1.